The SMILES string of the molecule is O=C(COc1ccccc1)NCCCn1c(=O)[nH]c2ccccc21. The van der Waals surface area contributed by atoms with Crippen LogP contribution in [0.4, 0.5) is 0 Å². The van der Waals surface area contributed by atoms with Gasteiger partial charge in [-0.15, -0.1) is 0 Å². The van der Waals surface area contributed by atoms with E-state index in [0.717, 1.165) is 11.0 Å². The van der Waals surface area contributed by atoms with Crippen LogP contribution in [0, 0.1) is 0 Å². The lowest BCUT2D eigenvalue weighted by Gasteiger charge is -2.08. The number of hydrogen-bond donors (Lipinski definition) is 2. The number of carbonyl (C=O) groups excluding carboxylic acids is 1. The molecular weight excluding hydrogens is 306 g/mol. The van der Waals surface area contributed by atoms with Crippen LogP contribution in [0.5, 0.6) is 5.75 Å². The number of ether oxygens (including phenoxy) is 1. The summed E-state index contributed by atoms with van der Waals surface area (Å²) in [4.78, 5) is 26.5. The zero-order chi connectivity index (χ0) is 16.8. The van der Waals surface area contributed by atoms with E-state index in [2.05, 4.69) is 10.3 Å². The van der Waals surface area contributed by atoms with Crippen molar-refractivity contribution in [2.24, 2.45) is 0 Å². The molecule has 0 saturated heterocycles. The molecule has 2 aromatic carbocycles. The van der Waals surface area contributed by atoms with Crippen LogP contribution in [0.1, 0.15) is 6.42 Å². The zero-order valence-corrected chi connectivity index (χ0v) is 13.2. The molecule has 0 aliphatic carbocycles. The molecule has 124 valence electrons. The minimum atomic E-state index is -0.176. The van der Waals surface area contributed by atoms with Gasteiger partial charge in [-0.1, -0.05) is 30.3 Å². The van der Waals surface area contributed by atoms with Crippen molar-refractivity contribution >= 4 is 16.9 Å². The Kier molecular flexibility index (Phi) is 4.96. The molecule has 0 spiro atoms. The zero-order valence-electron chi connectivity index (χ0n) is 13.2. The largest absolute Gasteiger partial charge is 0.484 e. The number of benzene rings is 2. The average Bonchev–Trinajstić information content (AvgIpc) is 2.93. The fourth-order valence-electron chi connectivity index (χ4n) is 2.51. The van der Waals surface area contributed by atoms with Gasteiger partial charge < -0.3 is 15.0 Å². The van der Waals surface area contributed by atoms with Crippen LogP contribution in [-0.4, -0.2) is 28.6 Å². The summed E-state index contributed by atoms with van der Waals surface area (Å²) in [6.07, 6.45) is 0.666. The van der Waals surface area contributed by atoms with Gasteiger partial charge in [0.05, 0.1) is 11.0 Å². The third-order valence-corrected chi connectivity index (χ3v) is 3.68. The maximum absolute atomic E-state index is 11.9. The van der Waals surface area contributed by atoms with E-state index in [4.69, 9.17) is 4.74 Å². The first-order chi connectivity index (χ1) is 11.7. The second kappa shape index (κ2) is 7.50. The summed E-state index contributed by atoms with van der Waals surface area (Å²) >= 11 is 0. The lowest BCUT2D eigenvalue weighted by atomic mass is 10.3. The quantitative estimate of drug-likeness (QED) is 0.652. The molecule has 1 aromatic heterocycles. The lowest BCUT2D eigenvalue weighted by molar-refractivity contribution is -0.123. The molecule has 3 aromatic rings. The smallest absolute Gasteiger partial charge is 0.326 e. The van der Waals surface area contributed by atoms with Gasteiger partial charge in [0.25, 0.3) is 5.91 Å². The Morgan fingerprint density at radius 2 is 1.83 bits per heavy atom. The number of fused-ring (bicyclic) bond motifs is 1. The van der Waals surface area contributed by atoms with Crippen LogP contribution in [0.25, 0.3) is 11.0 Å². The molecule has 3 rings (SSSR count). The molecule has 2 N–H and O–H groups in total. The Morgan fingerprint density at radius 3 is 2.67 bits per heavy atom. The Morgan fingerprint density at radius 1 is 1.08 bits per heavy atom. The standard InChI is InChI=1S/C18H19N3O3/c22-17(13-24-14-7-2-1-3-8-14)19-11-6-12-21-16-10-5-4-9-15(16)20-18(21)23/h1-5,7-10H,6,11-13H2,(H,19,22)(H,20,23). The van der Waals surface area contributed by atoms with Gasteiger partial charge in [-0.3, -0.25) is 9.36 Å². The van der Waals surface area contributed by atoms with Crippen molar-refractivity contribution in [3.8, 4) is 5.75 Å². The Balaban J connectivity index is 1.44. The molecule has 0 fully saturated rings. The van der Waals surface area contributed by atoms with E-state index in [1.807, 2.05) is 42.5 Å². The topological polar surface area (TPSA) is 76.1 Å². The number of para-hydroxylation sites is 3. The Labute approximate surface area is 139 Å². The van der Waals surface area contributed by atoms with Crippen LogP contribution in [-0.2, 0) is 11.3 Å². The number of carbonyl (C=O) groups is 1. The third-order valence-electron chi connectivity index (χ3n) is 3.68. The molecular formula is C18H19N3O3. The molecule has 24 heavy (non-hydrogen) atoms. The number of aromatic amines is 1. The predicted molar refractivity (Wildman–Crippen MR) is 92.1 cm³/mol. The maximum atomic E-state index is 11.9. The molecule has 6 nitrogen and oxygen atoms in total. The van der Waals surface area contributed by atoms with E-state index >= 15 is 0 Å². The fourth-order valence-corrected chi connectivity index (χ4v) is 2.51. The number of amides is 1. The van der Waals surface area contributed by atoms with Gasteiger partial charge in [0.2, 0.25) is 0 Å². The molecule has 0 aliphatic heterocycles. The lowest BCUT2D eigenvalue weighted by Crippen LogP contribution is -2.30. The number of imidazole rings is 1. The van der Waals surface area contributed by atoms with E-state index in [9.17, 15) is 9.59 Å². The highest BCUT2D eigenvalue weighted by Crippen LogP contribution is 2.09. The second-order valence-corrected chi connectivity index (χ2v) is 5.40. The first kappa shape index (κ1) is 15.9. The molecule has 0 atom stereocenters. The fraction of sp³-hybridized carbons (Fsp3) is 0.222. The molecule has 0 unspecified atom stereocenters. The van der Waals surface area contributed by atoms with E-state index in [0.29, 0.717) is 25.3 Å². The molecule has 6 heteroatoms. The molecule has 1 amide bonds. The average molecular weight is 325 g/mol. The number of hydrogen-bond acceptors (Lipinski definition) is 3. The van der Waals surface area contributed by atoms with Crippen LogP contribution >= 0.6 is 0 Å². The predicted octanol–water partition coefficient (Wildman–Crippen LogP) is 1.91. The summed E-state index contributed by atoms with van der Waals surface area (Å²) < 4.78 is 7.06. The van der Waals surface area contributed by atoms with Crippen LogP contribution in [0.15, 0.2) is 59.4 Å². The summed E-state index contributed by atoms with van der Waals surface area (Å²) in [6, 6.07) is 16.8. The Bertz CT molecular complexity index is 868. The highest BCUT2D eigenvalue weighted by Gasteiger charge is 2.06. The summed E-state index contributed by atoms with van der Waals surface area (Å²) in [6.45, 7) is 1.02. The second-order valence-electron chi connectivity index (χ2n) is 5.40. The van der Waals surface area contributed by atoms with E-state index in [1.165, 1.54) is 0 Å². The van der Waals surface area contributed by atoms with Gasteiger partial charge in [-0.05, 0) is 30.7 Å². The van der Waals surface area contributed by atoms with Gasteiger partial charge in [-0.2, -0.15) is 0 Å². The molecule has 0 bridgehead atoms. The maximum Gasteiger partial charge on any atom is 0.326 e. The van der Waals surface area contributed by atoms with Gasteiger partial charge in [0.15, 0.2) is 6.61 Å². The van der Waals surface area contributed by atoms with Gasteiger partial charge in [0.1, 0.15) is 5.75 Å². The highest BCUT2D eigenvalue weighted by atomic mass is 16.5. The number of H-pyrrole nitrogens is 1. The number of nitrogens with one attached hydrogen (secondary N) is 2. The number of nitrogens with zero attached hydrogens (tertiary/aromatic N) is 1. The highest BCUT2D eigenvalue weighted by molar-refractivity contribution is 5.77. The number of rotatable bonds is 7. The van der Waals surface area contributed by atoms with Gasteiger partial charge in [-0.25, -0.2) is 4.79 Å². The van der Waals surface area contributed by atoms with Crippen molar-refractivity contribution in [1.82, 2.24) is 14.9 Å². The molecule has 0 aliphatic rings. The van der Waals surface area contributed by atoms with Gasteiger partial charge >= 0.3 is 5.69 Å². The summed E-state index contributed by atoms with van der Waals surface area (Å²) in [5, 5.41) is 2.79. The molecule has 1 heterocycles. The van der Waals surface area contributed by atoms with Crippen LogP contribution in [0.2, 0.25) is 0 Å². The van der Waals surface area contributed by atoms with Gasteiger partial charge in [0, 0.05) is 13.1 Å². The van der Waals surface area contributed by atoms with Crippen molar-refractivity contribution in [1.29, 1.82) is 0 Å². The molecule has 0 radical (unpaired) electrons. The van der Waals surface area contributed by atoms with Crippen LogP contribution in [0.3, 0.4) is 0 Å². The van der Waals surface area contributed by atoms with E-state index < -0.39 is 0 Å². The number of aryl methyl sites for hydroxylation is 1. The number of aromatic nitrogens is 2. The monoisotopic (exact) mass is 325 g/mol. The first-order valence-electron chi connectivity index (χ1n) is 7.86. The summed E-state index contributed by atoms with van der Waals surface area (Å²) in [7, 11) is 0. The minimum absolute atomic E-state index is 0.0168. The summed E-state index contributed by atoms with van der Waals surface area (Å²) in [5.41, 5.74) is 1.57. The van der Waals surface area contributed by atoms with Crippen molar-refractivity contribution in [2.45, 2.75) is 13.0 Å². The molecule has 0 saturated carbocycles. The normalized spacial score (nSPS) is 10.7. The van der Waals surface area contributed by atoms with Crippen molar-refractivity contribution < 1.29 is 9.53 Å². The summed E-state index contributed by atoms with van der Waals surface area (Å²) in [5.74, 6) is 0.489. The van der Waals surface area contributed by atoms with E-state index in [1.54, 1.807) is 16.7 Å². The third kappa shape index (κ3) is 3.84. The first-order valence-corrected chi connectivity index (χ1v) is 7.86. The Hall–Kier alpha value is -3.02. The minimum Gasteiger partial charge on any atom is -0.484 e. The van der Waals surface area contributed by atoms with E-state index in [-0.39, 0.29) is 18.2 Å². The van der Waals surface area contributed by atoms with Crippen LogP contribution < -0.4 is 15.7 Å². The van der Waals surface area contributed by atoms with Crippen molar-refractivity contribution in [3.63, 3.8) is 0 Å². The van der Waals surface area contributed by atoms with Crippen molar-refractivity contribution in [3.05, 3.63) is 65.1 Å². The van der Waals surface area contributed by atoms with Crippen molar-refractivity contribution in [2.75, 3.05) is 13.2 Å².